The number of hydrogen-bond acceptors (Lipinski definition) is 2. The van der Waals surface area contributed by atoms with Crippen molar-refractivity contribution in [3.63, 3.8) is 0 Å². The van der Waals surface area contributed by atoms with Crippen LogP contribution in [0.3, 0.4) is 0 Å². The van der Waals surface area contributed by atoms with Crippen LogP contribution >= 0.6 is 0 Å². The van der Waals surface area contributed by atoms with Crippen LogP contribution in [0.2, 0.25) is 0 Å². The van der Waals surface area contributed by atoms with Gasteiger partial charge in [0.2, 0.25) is 0 Å². The highest BCUT2D eigenvalue weighted by molar-refractivity contribution is 5.57. The zero-order valence-electron chi connectivity index (χ0n) is 12.3. The average molecular weight is 266 g/mol. The molecule has 2 heteroatoms. The van der Waals surface area contributed by atoms with Gasteiger partial charge in [-0.05, 0) is 48.1 Å². The first-order valence-electron chi connectivity index (χ1n) is 7.32. The summed E-state index contributed by atoms with van der Waals surface area (Å²) < 4.78 is 0. The quantitative estimate of drug-likeness (QED) is 0.870. The van der Waals surface area contributed by atoms with Crippen molar-refractivity contribution in [1.29, 1.82) is 0 Å². The smallest absolute Gasteiger partial charge is 0.0400 e. The van der Waals surface area contributed by atoms with Crippen LogP contribution < -0.4 is 10.2 Å². The molecule has 0 heterocycles. The van der Waals surface area contributed by atoms with Crippen LogP contribution in [0.5, 0.6) is 0 Å². The van der Waals surface area contributed by atoms with Crippen LogP contribution in [0.1, 0.15) is 29.9 Å². The van der Waals surface area contributed by atoms with Gasteiger partial charge in [0.25, 0.3) is 0 Å². The van der Waals surface area contributed by atoms with Gasteiger partial charge >= 0.3 is 0 Å². The fourth-order valence-electron chi connectivity index (χ4n) is 2.42. The molecule has 2 aromatic carbocycles. The normalized spacial score (nSPS) is 14.1. The van der Waals surface area contributed by atoms with E-state index < -0.39 is 0 Å². The van der Waals surface area contributed by atoms with Crippen LogP contribution in [0.15, 0.2) is 48.5 Å². The van der Waals surface area contributed by atoms with E-state index in [-0.39, 0.29) is 0 Å². The van der Waals surface area contributed by atoms with Gasteiger partial charge in [-0.15, -0.1) is 0 Å². The van der Waals surface area contributed by atoms with Crippen LogP contribution in [-0.4, -0.2) is 14.1 Å². The minimum atomic E-state index is 0.841. The predicted molar refractivity (Wildman–Crippen MR) is 86.5 cm³/mol. The van der Waals surface area contributed by atoms with Gasteiger partial charge in [0.15, 0.2) is 0 Å². The Labute approximate surface area is 121 Å². The molecule has 1 aliphatic carbocycles. The molecule has 0 saturated heterocycles. The fourth-order valence-corrected chi connectivity index (χ4v) is 2.42. The molecule has 0 radical (unpaired) electrons. The second-order valence-corrected chi connectivity index (χ2v) is 5.81. The van der Waals surface area contributed by atoms with Crippen molar-refractivity contribution in [2.75, 3.05) is 24.3 Å². The summed E-state index contributed by atoms with van der Waals surface area (Å²) in [6, 6.07) is 17.6. The number of nitrogens with zero attached hydrogens (tertiary/aromatic N) is 1. The molecule has 2 nitrogen and oxygen atoms in total. The standard InChI is InChI=1S/C18H22N2/c1-20(2)18-5-3-4-17(12-18)19-13-14-6-8-15(9-7-14)16-10-11-16/h3-9,12,16,19H,10-11,13H2,1-2H3. The lowest BCUT2D eigenvalue weighted by molar-refractivity contribution is 1.09. The summed E-state index contributed by atoms with van der Waals surface area (Å²) >= 11 is 0. The van der Waals surface area contributed by atoms with Crippen molar-refractivity contribution in [3.8, 4) is 0 Å². The Hall–Kier alpha value is -1.96. The topological polar surface area (TPSA) is 15.3 Å². The van der Waals surface area contributed by atoms with E-state index in [1.807, 2.05) is 0 Å². The van der Waals surface area contributed by atoms with Crippen LogP contribution in [0, 0.1) is 0 Å². The largest absolute Gasteiger partial charge is 0.381 e. The second kappa shape index (κ2) is 5.58. The van der Waals surface area contributed by atoms with Gasteiger partial charge in [0.1, 0.15) is 0 Å². The minimum absolute atomic E-state index is 0.841. The molecule has 1 fully saturated rings. The Balaban J connectivity index is 1.62. The molecule has 0 atom stereocenters. The lowest BCUT2D eigenvalue weighted by Crippen LogP contribution is -2.09. The second-order valence-electron chi connectivity index (χ2n) is 5.81. The summed E-state index contributed by atoms with van der Waals surface area (Å²) in [5.74, 6) is 0.841. The van der Waals surface area contributed by atoms with E-state index in [4.69, 9.17) is 0 Å². The monoisotopic (exact) mass is 266 g/mol. The van der Waals surface area contributed by atoms with Crippen molar-refractivity contribution in [1.82, 2.24) is 0 Å². The molecule has 3 rings (SSSR count). The van der Waals surface area contributed by atoms with E-state index in [1.54, 1.807) is 0 Å². The fraction of sp³-hybridized carbons (Fsp3) is 0.333. The number of rotatable bonds is 5. The van der Waals surface area contributed by atoms with E-state index >= 15 is 0 Å². The number of hydrogen-bond donors (Lipinski definition) is 1. The van der Waals surface area contributed by atoms with Crippen molar-refractivity contribution in [2.24, 2.45) is 0 Å². The molecule has 1 N–H and O–H groups in total. The maximum Gasteiger partial charge on any atom is 0.0400 e. The first-order chi connectivity index (χ1) is 9.72. The van der Waals surface area contributed by atoms with Gasteiger partial charge < -0.3 is 10.2 Å². The molecular formula is C18H22N2. The Kier molecular flexibility index (Phi) is 3.64. The lowest BCUT2D eigenvalue weighted by Gasteiger charge is -2.14. The summed E-state index contributed by atoms with van der Waals surface area (Å²) in [4.78, 5) is 2.12. The van der Waals surface area contributed by atoms with E-state index in [9.17, 15) is 0 Å². The van der Waals surface area contributed by atoms with Gasteiger partial charge in [0.05, 0.1) is 0 Å². The molecule has 104 valence electrons. The molecule has 0 aromatic heterocycles. The SMILES string of the molecule is CN(C)c1cccc(NCc2ccc(C3CC3)cc2)c1. The summed E-state index contributed by atoms with van der Waals surface area (Å²) in [5.41, 5.74) is 5.23. The number of benzene rings is 2. The zero-order chi connectivity index (χ0) is 13.9. The highest BCUT2D eigenvalue weighted by Gasteiger charge is 2.22. The summed E-state index contributed by atoms with van der Waals surface area (Å²) in [5, 5.41) is 3.49. The molecule has 1 aliphatic rings. The molecule has 0 aliphatic heterocycles. The number of nitrogens with one attached hydrogen (secondary N) is 1. The Morgan fingerprint density at radius 1 is 1.05 bits per heavy atom. The van der Waals surface area contributed by atoms with Crippen LogP contribution in [0.25, 0.3) is 0 Å². The zero-order valence-corrected chi connectivity index (χ0v) is 12.3. The van der Waals surface area contributed by atoms with Crippen molar-refractivity contribution >= 4 is 11.4 Å². The van der Waals surface area contributed by atoms with Crippen molar-refractivity contribution in [2.45, 2.75) is 25.3 Å². The lowest BCUT2D eigenvalue weighted by atomic mass is 10.1. The Morgan fingerprint density at radius 2 is 1.80 bits per heavy atom. The third kappa shape index (κ3) is 3.13. The van der Waals surface area contributed by atoms with Crippen LogP contribution in [-0.2, 0) is 6.54 Å². The maximum atomic E-state index is 3.49. The van der Waals surface area contributed by atoms with Gasteiger partial charge in [-0.1, -0.05) is 30.3 Å². The van der Waals surface area contributed by atoms with Gasteiger partial charge in [0, 0.05) is 32.0 Å². The van der Waals surface area contributed by atoms with Gasteiger partial charge in [-0.3, -0.25) is 0 Å². The van der Waals surface area contributed by atoms with E-state index in [2.05, 4.69) is 72.8 Å². The van der Waals surface area contributed by atoms with Crippen molar-refractivity contribution in [3.05, 3.63) is 59.7 Å². The minimum Gasteiger partial charge on any atom is -0.381 e. The van der Waals surface area contributed by atoms with Gasteiger partial charge in [-0.25, -0.2) is 0 Å². The molecule has 0 unspecified atom stereocenters. The molecule has 0 spiro atoms. The van der Waals surface area contributed by atoms with Gasteiger partial charge in [-0.2, -0.15) is 0 Å². The third-order valence-corrected chi connectivity index (χ3v) is 3.89. The molecule has 2 aromatic rings. The average Bonchev–Trinajstić information content (AvgIpc) is 3.31. The van der Waals surface area contributed by atoms with E-state index in [0.29, 0.717) is 0 Å². The highest BCUT2D eigenvalue weighted by Crippen LogP contribution is 2.39. The Morgan fingerprint density at radius 3 is 2.45 bits per heavy atom. The summed E-state index contributed by atoms with van der Waals surface area (Å²) in [6.45, 7) is 0.877. The molecular weight excluding hydrogens is 244 g/mol. The van der Waals surface area contributed by atoms with Crippen molar-refractivity contribution < 1.29 is 0 Å². The summed E-state index contributed by atoms with van der Waals surface area (Å²) in [6.07, 6.45) is 2.74. The third-order valence-electron chi connectivity index (χ3n) is 3.89. The molecule has 20 heavy (non-hydrogen) atoms. The Bertz CT molecular complexity index is 568. The predicted octanol–water partition coefficient (Wildman–Crippen LogP) is 4.24. The van der Waals surface area contributed by atoms with E-state index in [1.165, 1.54) is 35.3 Å². The number of anilines is 2. The highest BCUT2D eigenvalue weighted by atomic mass is 15.1. The van der Waals surface area contributed by atoms with E-state index in [0.717, 1.165) is 12.5 Å². The molecule has 1 saturated carbocycles. The molecule has 0 amide bonds. The molecule has 0 bridgehead atoms. The van der Waals surface area contributed by atoms with Crippen LogP contribution in [0.4, 0.5) is 11.4 Å². The summed E-state index contributed by atoms with van der Waals surface area (Å²) in [7, 11) is 4.13. The maximum absolute atomic E-state index is 3.49. The first kappa shape index (κ1) is 13.0. The first-order valence-corrected chi connectivity index (χ1v) is 7.32.